The Kier molecular flexibility index (Phi) is 3.06. The highest BCUT2D eigenvalue weighted by Crippen LogP contribution is 2.22. The Morgan fingerprint density at radius 2 is 2.22 bits per heavy atom. The highest BCUT2D eigenvalue weighted by Gasteiger charge is 2.22. The molecule has 2 aromatic heterocycles. The Morgan fingerprint density at radius 3 is 3.11 bits per heavy atom. The Labute approximate surface area is 105 Å². The normalized spacial score (nSPS) is 21.2. The summed E-state index contributed by atoms with van der Waals surface area (Å²) in [5.74, 6) is 0.940. The minimum Gasteiger partial charge on any atom is -0.351 e. The summed E-state index contributed by atoms with van der Waals surface area (Å²) in [6, 6.07) is 0.351. The molecule has 1 saturated heterocycles. The molecule has 1 fully saturated rings. The molecule has 18 heavy (non-hydrogen) atoms. The van der Waals surface area contributed by atoms with Crippen LogP contribution in [0.1, 0.15) is 25.7 Å². The van der Waals surface area contributed by atoms with E-state index in [1.54, 1.807) is 10.7 Å². The van der Waals surface area contributed by atoms with Crippen LogP contribution in [0.4, 0.5) is 5.82 Å². The monoisotopic (exact) mass is 247 g/mol. The average molecular weight is 247 g/mol. The van der Waals surface area contributed by atoms with Crippen LogP contribution < -0.4 is 10.6 Å². The number of aromatic nitrogens is 5. The molecule has 2 N–H and O–H groups in total. The fourth-order valence-electron chi connectivity index (χ4n) is 2.58. The van der Waals surface area contributed by atoms with E-state index in [4.69, 9.17) is 5.73 Å². The largest absolute Gasteiger partial charge is 0.351 e. The highest BCUT2D eigenvalue weighted by molar-refractivity contribution is 5.47. The molecule has 2 aromatic rings. The van der Waals surface area contributed by atoms with Crippen LogP contribution in [0.5, 0.6) is 0 Å². The molecule has 3 rings (SSSR count). The van der Waals surface area contributed by atoms with Crippen LogP contribution in [0, 0.1) is 0 Å². The van der Waals surface area contributed by atoms with E-state index in [2.05, 4.69) is 25.4 Å². The topological polar surface area (TPSA) is 85.2 Å². The number of hydrogen-bond acceptors (Lipinski definition) is 6. The SMILES string of the molecule is NCC1CCCCCN1c1cncc2nnnn12. The Morgan fingerprint density at radius 1 is 1.28 bits per heavy atom. The van der Waals surface area contributed by atoms with Crippen LogP contribution in [-0.2, 0) is 0 Å². The van der Waals surface area contributed by atoms with Gasteiger partial charge in [-0.25, -0.2) is 0 Å². The predicted molar refractivity (Wildman–Crippen MR) is 67.2 cm³/mol. The van der Waals surface area contributed by atoms with E-state index in [0.29, 0.717) is 18.2 Å². The molecule has 0 aromatic carbocycles. The fraction of sp³-hybridized carbons (Fsp3) is 0.636. The van der Waals surface area contributed by atoms with Crippen LogP contribution >= 0.6 is 0 Å². The van der Waals surface area contributed by atoms with E-state index in [0.717, 1.165) is 18.8 Å². The molecule has 0 radical (unpaired) electrons. The quantitative estimate of drug-likeness (QED) is 0.817. The number of nitrogens with two attached hydrogens (primary N) is 1. The second-order valence-electron chi connectivity index (χ2n) is 4.65. The maximum atomic E-state index is 5.90. The Hall–Kier alpha value is -1.76. The molecule has 96 valence electrons. The zero-order valence-electron chi connectivity index (χ0n) is 10.2. The van der Waals surface area contributed by atoms with Crippen LogP contribution in [0.15, 0.2) is 12.4 Å². The maximum absolute atomic E-state index is 5.90. The second-order valence-corrected chi connectivity index (χ2v) is 4.65. The van der Waals surface area contributed by atoms with E-state index in [-0.39, 0.29) is 0 Å². The van der Waals surface area contributed by atoms with Gasteiger partial charge in [-0.05, 0) is 23.3 Å². The third-order valence-corrected chi connectivity index (χ3v) is 3.53. The minimum absolute atomic E-state index is 0.351. The van der Waals surface area contributed by atoms with E-state index in [1.165, 1.54) is 19.3 Å². The van der Waals surface area contributed by atoms with E-state index in [9.17, 15) is 0 Å². The first kappa shape index (κ1) is 11.3. The van der Waals surface area contributed by atoms with Crippen molar-refractivity contribution < 1.29 is 0 Å². The van der Waals surface area contributed by atoms with Crippen LogP contribution in [-0.4, -0.2) is 44.2 Å². The van der Waals surface area contributed by atoms with Crippen LogP contribution in [0.3, 0.4) is 0 Å². The third-order valence-electron chi connectivity index (χ3n) is 3.53. The van der Waals surface area contributed by atoms with Gasteiger partial charge in [0.05, 0.1) is 12.4 Å². The van der Waals surface area contributed by atoms with Gasteiger partial charge in [-0.15, -0.1) is 5.10 Å². The van der Waals surface area contributed by atoms with Crippen molar-refractivity contribution in [3.8, 4) is 0 Å². The van der Waals surface area contributed by atoms with Crippen molar-refractivity contribution in [2.45, 2.75) is 31.7 Å². The number of hydrogen-bond donors (Lipinski definition) is 1. The summed E-state index contributed by atoms with van der Waals surface area (Å²) in [5, 5.41) is 11.7. The van der Waals surface area contributed by atoms with Crippen molar-refractivity contribution >= 4 is 11.5 Å². The van der Waals surface area contributed by atoms with Crippen molar-refractivity contribution in [3.05, 3.63) is 12.4 Å². The van der Waals surface area contributed by atoms with Crippen molar-refractivity contribution in [2.75, 3.05) is 18.0 Å². The van der Waals surface area contributed by atoms with Crippen LogP contribution in [0.2, 0.25) is 0 Å². The minimum atomic E-state index is 0.351. The van der Waals surface area contributed by atoms with Crippen molar-refractivity contribution in [1.82, 2.24) is 25.0 Å². The Bertz CT molecular complexity index is 523. The van der Waals surface area contributed by atoms with Gasteiger partial charge in [0.2, 0.25) is 0 Å². The molecule has 0 spiro atoms. The summed E-state index contributed by atoms with van der Waals surface area (Å²) in [7, 11) is 0. The summed E-state index contributed by atoms with van der Waals surface area (Å²) in [5.41, 5.74) is 6.57. The van der Waals surface area contributed by atoms with Gasteiger partial charge in [-0.3, -0.25) is 4.98 Å². The average Bonchev–Trinajstić information content (AvgIpc) is 2.76. The third kappa shape index (κ3) is 1.90. The van der Waals surface area contributed by atoms with Gasteiger partial charge in [0.15, 0.2) is 11.5 Å². The zero-order valence-corrected chi connectivity index (χ0v) is 10.2. The molecule has 0 bridgehead atoms. The number of rotatable bonds is 2. The first-order chi connectivity index (χ1) is 8.90. The fourth-order valence-corrected chi connectivity index (χ4v) is 2.58. The maximum Gasteiger partial charge on any atom is 0.199 e. The molecular weight excluding hydrogens is 230 g/mol. The molecule has 7 heteroatoms. The van der Waals surface area contributed by atoms with Crippen LogP contribution in [0.25, 0.3) is 5.65 Å². The van der Waals surface area contributed by atoms with Gasteiger partial charge in [0, 0.05) is 19.1 Å². The van der Waals surface area contributed by atoms with Gasteiger partial charge >= 0.3 is 0 Å². The first-order valence-corrected chi connectivity index (χ1v) is 6.39. The highest BCUT2D eigenvalue weighted by atomic mass is 15.5. The van der Waals surface area contributed by atoms with E-state index < -0.39 is 0 Å². The van der Waals surface area contributed by atoms with Gasteiger partial charge < -0.3 is 10.6 Å². The number of tetrazole rings is 1. The van der Waals surface area contributed by atoms with Gasteiger partial charge in [0.25, 0.3) is 0 Å². The smallest absolute Gasteiger partial charge is 0.199 e. The second kappa shape index (κ2) is 4.85. The predicted octanol–water partition coefficient (Wildman–Crippen LogP) is 0.227. The molecule has 7 nitrogen and oxygen atoms in total. The van der Waals surface area contributed by atoms with Crippen molar-refractivity contribution in [3.63, 3.8) is 0 Å². The number of fused-ring (bicyclic) bond motifs is 1. The number of anilines is 1. The molecule has 0 aliphatic carbocycles. The van der Waals surface area contributed by atoms with Gasteiger partial charge in [-0.2, -0.15) is 4.52 Å². The van der Waals surface area contributed by atoms with Gasteiger partial charge in [-0.1, -0.05) is 12.8 Å². The molecule has 1 aliphatic heterocycles. The van der Waals surface area contributed by atoms with Crippen molar-refractivity contribution in [2.24, 2.45) is 5.73 Å². The molecular formula is C11H17N7. The molecule has 1 unspecified atom stereocenters. The lowest BCUT2D eigenvalue weighted by Gasteiger charge is -2.30. The first-order valence-electron chi connectivity index (χ1n) is 6.39. The van der Waals surface area contributed by atoms with E-state index >= 15 is 0 Å². The zero-order chi connectivity index (χ0) is 12.4. The van der Waals surface area contributed by atoms with E-state index in [1.807, 2.05) is 6.20 Å². The summed E-state index contributed by atoms with van der Waals surface area (Å²) in [4.78, 5) is 6.51. The standard InChI is InChI=1S/C11H17N7/c12-6-9-4-2-1-3-5-17(9)11-8-13-7-10-14-15-16-18(10)11/h7-9H,1-6,12H2. The molecule has 1 atom stereocenters. The summed E-state index contributed by atoms with van der Waals surface area (Å²) in [6.07, 6.45) is 8.27. The lowest BCUT2D eigenvalue weighted by molar-refractivity contribution is 0.569. The van der Waals surface area contributed by atoms with Crippen molar-refractivity contribution in [1.29, 1.82) is 0 Å². The Balaban J connectivity index is 2.02. The summed E-state index contributed by atoms with van der Waals surface area (Å²) >= 11 is 0. The molecule has 1 aliphatic rings. The summed E-state index contributed by atoms with van der Waals surface area (Å²) < 4.78 is 1.74. The molecule has 3 heterocycles. The van der Waals surface area contributed by atoms with Gasteiger partial charge in [0.1, 0.15) is 0 Å². The molecule has 0 amide bonds. The lowest BCUT2D eigenvalue weighted by atomic mass is 10.1. The number of nitrogens with zero attached hydrogens (tertiary/aromatic N) is 6. The lowest BCUT2D eigenvalue weighted by Crippen LogP contribution is -2.41. The molecule has 0 saturated carbocycles. The summed E-state index contributed by atoms with van der Waals surface area (Å²) in [6.45, 7) is 1.64.